The number of oxazole rings is 1. The molecule has 0 saturated carbocycles. The number of aromatic nitrogens is 1. The number of rotatable bonds is 5. The van der Waals surface area contributed by atoms with Crippen LogP contribution in [0.25, 0.3) is 11.5 Å². The van der Waals surface area contributed by atoms with E-state index in [2.05, 4.69) is 4.98 Å². The minimum absolute atomic E-state index is 0.0150. The van der Waals surface area contributed by atoms with Crippen LogP contribution in [0.1, 0.15) is 28.2 Å². The zero-order valence-corrected chi connectivity index (χ0v) is 16.4. The third kappa shape index (κ3) is 4.54. The Morgan fingerprint density at radius 2 is 2.10 bits per heavy atom. The number of benzene rings is 1. The van der Waals surface area contributed by atoms with Gasteiger partial charge in [-0.25, -0.2) is 9.37 Å². The van der Waals surface area contributed by atoms with Crippen LogP contribution in [0.2, 0.25) is 0 Å². The lowest BCUT2D eigenvalue weighted by Crippen LogP contribution is -2.42. The largest absolute Gasteiger partial charge is 0.459 e. The maximum Gasteiger partial charge on any atom is 0.311 e. The van der Waals surface area contributed by atoms with Gasteiger partial charge in [-0.1, -0.05) is 6.07 Å². The van der Waals surface area contributed by atoms with Crippen LogP contribution in [0.4, 0.5) is 4.39 Å². The van der Waals surface area contributed by atoms with Gasteiger partial charge >= 0.3 is 5.97 Å². The number of carbonyl (C=O) groups excluding carboxylic acids is 2. The average Bonchev–Trinajstić information content (AvgIpc) is 3.44. The van der Waals surface area contributed by atoms with Gasteiger partial charge in [-0.3, -0.25) is 9.59 Å². The van der Waals surface area contributed by atoms with Crippen LogP contribution < -0.4 is 0 Å². The maximum atomic E-state index is 13.0. The summed E-state index contributed by atoms with van der Waals surface area (Å²) in [6.45, 7) is 0.985. The molecular weight excluding hydrogens is 395 g/mol. The summed E-state index contributed by atoms with van der Waals surface area (Å²) in [4.78, 5) is 31.7. The highest BCUT2D eigenvalue weighted by Gasteiger charge is 2.30. The van der Waals surface area contributed by atoms with Gasteiger partial charge in [0.15, 0.2) is 0 Å². The third-order valence-electron chi connectivity index (χ3n) is 4.78. The summed E-state index contributed by atoms with van der Waals surface area (Å²) in [7, 11) is 0. The Labute approximate surface area is 170 Å². The van der Waals surface area contributed by atoms with E-state index < -0.39 is 0 Å². The van der Waals surface area contributed by atoms with Gasteiger partial charge in [-0.2, -0.15) is 0 Å². The number of hydrogen-bond acceptors (Lipinski definition) is 6. The Balaban J connectivity index is 1.32. The summed E-state index contributed by atoms with van der Waals surface area (Å²) in [5.41, 5.74) is 1.11. The lowest BCUT2D eigenvalue weighted by Gasteiger charge is -2.31. The van der Waals surface area contributed by atoms with Crippen molar-refractivity contribution in [3.63, 3.8) is 0 Å². The Bertz CT molecular complexity index is 985. The topological polar surface area (TPSA) is 72.6 Å². The molecule has 1 aliphatic heterocycles. The van der Waals surface area contributed by atoms with Crippen LogP contribution in [0.5, 0.6) is 0 Å². The second-order valence-corrected chi connectivity index (χ2v) is 7.77. The molecule has 1 saturated heterocycles. The monoisotopic (exact) mass is 414 g/mol. The molecule has 2 aromatic heterocycles. The van der Waals surface area contributed by atoms with Crippen LogP contribution in [0.3, 0.4) is 0 Å². The molecule has 0 bridgehead atoms. The molecule has 150 valence electrons. The van der Waals surface area contributed by atoms with Gasteiger partial charge in [0.25, 0.3) is 5.91 Å². The number of likely N-dealkylation sites (tertiary alicyclic amines) is 1. The Kier molecular flexibility index (Phi) is 5.71. The van der Waals surface area contributed by atoms with Crippen molar-refractivity contribution in [3.8, 4) is 11.5 Å². The van der Waals surface area contributed by atoms with Crippen LogP contribution >= 0.6 is 11.3 Å². The van der Waals surface area contributed by atoms with Crippen molar-refractivity contribution in [2.24, 2.45) is 5.92 Å². The molecule has 0 aliphatic carbocycles. The summed E-state index contributed by atoms with van der Waals surface area (Å²) in [6.07, 6.45) is 2.86. The fraction of sp³-hybridized carbons (Fsp3) is 0.286. The molecule has 0 N–H and O–H groups in total. The zero-order valence-electron chi connectivity index (χ0n) is 15.5. The first kappa shape index (κ1) is 19.3. The molecule has 1 atom stereocenters. The van der Waals surface area contributed by atoms with E-state index in [-0.39, 0.29) is 30.2 Å². The number of amides is 1. The normalized spacial score (nSPS) is 16.6. The molecule has 4 rings (SSSR count). The van der Waals surface area contributed by atoms with Gasteiger partial charge in [0.2, 0.25) is 5.89 Å². The lowest BCUT2D eigenvalue weighted by atomic mass is 9.98. The number of piperidine rings is 1. The van der Waals surface area contributed by atoms with E-state index in [1.165, 1.54) is 29.7 Å². The molecule has 1 fully saturated rings. The first-order valence-corrected chi connectivity index (χ1v) is 10.2. The summed E-state index contributed by atoms with van der Waals surface area (Å²) >= 11 is 1.40. The van der Waals surface area contributed by atoms with Gasteiger partial charge in [-0.05, 0) is 48.6 Å². The van der Waals surface area contributed by atoms with Crippen molar-refractivity contribution in [2.45, 2.75) is 19.4 Å². The average molecular weight is 414 g/mol. The summed E-state index contributed by atoms with van der Waals surface area (Å²) in [5.74, 6) is -0.746. The first-order valence-electron chi connectivity index (χ1n) is 9.30. The molecule has 29 heavy (non-hydrogen) atoms. The smallest absolute Gasteiger partial charge is 0.311 e. The molecule has 6 nitrogen and oxygen atoms in total. The number of nitrogens with zero attached hydrogens (tertiary/aromatic N) is 2. The van der Waals surface area contributed by atoms with Crippen LogP contribution in [-0.4, -0.2) is 34.8 Å². The molecule has 1 aliphatic rings. The molecule has 8 heteroatoms. The first-order chi connectivity index (χ1) is 14.1. The standard InChI is InChI=1S/C21H19FN2O4S/c22-16-7-5-14(6-8-16)19-23-17(12-27-19)13-28-21(26)15-3-1-9-24(11-15)20(25)18-4-2-10-29-18/h2,4-8,10,12,15H,1,3,9,11,13H2. The van der Waals surface area contributed by atoms with Gasteiger partial charge in [0.05, 0.1) is 10.8 Å². The van der Waals surface area contributed by atoms with Crippen molar-refractivity contribution in [3.05, 3.63) is 64.4 Å². The number of thiophene rings is 1. The van der Waals surface area contributed by atoms with Gasteiger partial charge in [0, 0.05) is 18.7 Å². The fourth-order valence-electron chi connectivity index (χ4n) is 3.27. The number of halogens is 1. The summed E-state index contributed by atoms with van der Waals surface area (Å²) in [5, 5.41) is 1.86. The van der Waals surface area contributed by atoms with E-state index in [4.69, 9.17) is 9.15 Å². The van der Waals surface area contributed by atoms with Crippen LogP contribution in [-0.2, 0) is 16.1 Å². The molecule has 3 heterocycles. The van der Waals surface area contributed by atoms with Crippen molar-refractivity contribution < 1.29 is 23.1 Å². The number of carbonyl (C=O) groups is 2. The predicted octanol–water partition coefficient (Wildman–Crippen LogP) is 4.14. The molecular formula is C21H19FN2O4S. The van der Waals surface area contributed by atoms with Gasteiger partial charge < -0.3 is 14.1 Å². The maximum absolute atomic E-state index is 13.0. The second-order valence-electron chi connectivity index (χ2n) is 6.83. The van der Waals surface area contributed by atoms with E-state index in [1.54, 1.807) is 23.1 Å². The van der Waals surface area contributed by atoms with E-state index in [1.807, 2.05) is 11.4 Å². The van der Waals surface area contributed by atoms with Crippen LogP contribution in [0, 0.1) is 11.7 Å². The Morgan fingerprint density at radius 1 is 1.28 bits per heavy atom. The number of ether oxygens (including phenoxy) is 1. The number of hydrogen-bond donors (Lipinski definition) is 0. The molecule has 3 aromatic rings. The fourth-order valence-corrected chi connectivity index (χ4v) is 3.96. The quantitative estimate of drug-likeness (QED) is 0.587. The molecule has 1 aromatic carbocycles. The van der Waals surface area contributed by atoms with Crippen molar-refractivity contribution in [1.29, 1.82) is 0 Å². The van der Waals surface area contributed by atoms with Crippen molar-refractivity contribution in [2.75, 3.05) is 13.1 Å². The predicted molar refractivity (Wildman–Crippen MR) is 105 cm³/mol. The van der Waals surface area contributed by atoms with E-state index in [0.29, 0.717) is 41.5 Å². The summed E-state index contributed by atoms with van der Waals surface area (Å²) < 4.78 is 23.8. The Hall–Kier alpha value is -3.00. The summed E-state index contributed by atoms with van der Waals surface area (Å²) in [6, 6.07) is 9.41. The number of esters is 1. The molecule has 0 radical (unpaired) electrons. The highest BCUT2D eigenvalue weighted by molar-refractivity contribution is 7.12. The molecule has 1 amide bonds. The third-order valence-corrected chi connectivity index (χ3v) is 5.64. The second kappa shape index (κ2) is 8.57. The van der Waals surface area contributed by atoms with Gasteiger partial charge in [0.1, 0.15) is 24.4 Å². The Morgan fingerprint density at radius 3 is 2.86 bits per heavy atom. The minimum Gasteiger partial charge on any atom is -0.459 e. The van der Waals surface area contributed by atoms with E-state index in [0.717, 1.165) is 6.42 Å². The SMILES string of the molecule is O=C(OCc1coc(-c2ccc(F)cc2)n1)C1CCCN(C(=O)c2cccs2)C1. The highest BCUT2D eigenvalue weighted by Crippen LogP contribution is 2.23. The molecule has 1 unspecified atom stereocenters. The van der Waals surface area contributed by atoms with E-state index >= 15 is 0 Å². The van der Waals surface area contributed by atoms with Gasteiger partial charge in [-0.15, -0.1) is 11.3 Å². The van der Waals surface area contributed by atoms with Crippen molar-refractivity contribution in [1.82, 2.24) is 9.88 Å². The zero-order chi connectivity index (χ0) is 20.2. The highest BCUT2D eigenvalue weighted by atomic mass is 32.1. The van der Waals surface area contributed by atoms with Crippen molar-refractivity contribution >= 4 is 23.2 Å². The minimum atomic E-state index is -0.351. The molecule has 0 spiro atoms. The lowest BCUT2D eigenvalue weighted by molar-refractivity contribution is -0.151. The van der Waals surface area contributed by atoms with E-state index in [9.17, 15) is 14.0 Å². The van der Waals surface area contributed by atoms with Crippen LogP contribution in [0.15, 0.2) is 52.5 Å².